The van der Waals surface area contributed by atoms with Gasteiger partial charge in [0.05, 0.1) is 30.1 Å². The Morgan fingerprint density at radius 2 is 2.04 bits per heavy atom. The molecule has 1 aliphatic carbocycles. The first kappa shape index (κ1) is 17.5. The van der Waals surface area contributed by atoms with Gasteiger partial charge < -0.3 is 9.80 Å². The number of carbonyl (C=O) groups excluding carboxylic acids is 2. The number of nitrogens with zero attached hydrogens (tertiary/aromatic N) is 5. The highest BCUT2D eigenvalue weighted by atomic mass is 16.2. The van der Waals surface area contributed by atoms with Crippen LogP contribution in [-0.4, -0.2) is 51.5 Å². The lowest BCUT2D eigenvalue weighted by Crippen LogP contribution is -2.42. The van der Waals surface area contributed by atoms with E-state index in [0.717, 1.165) is 25.0 Å². The Morgan fingerprint density at radius 3 is 2.68 bits per heavy atom. The van der Waals surface area contributed by atoms with Crippen molar-refractivity contribution in [3.63, 3.8) is 0 Å². The molecule has 1 aliphatic heterocycles. The molecule has 0 spiro atoms. The van der Waals surface area contributed by atoms with Crippen LogP contribution in [0.5, 0.6) is 0 Å². The fourth-order valence-corrected chi connectivity index (χ4v) is 3.80. The zero-order valence-electron chi connectivity index (χ0n) is 15.0. The number of rotatable bonds is 3. The molecule has 1 aromatic heterocycles. The zero-order chi connectivity index (χ0) is 18.0. The molecule has 0 radical (unpaired) electrons. The normalized spacial score (nSPS) is 19.0. The number of amides is 2. The van der Waals surface area contributed by atoms with E-state index in [4.69, 9.17) is 0 Å². The maximum Gasteiger partial charge on any atom is 0.257 e. The van der Waals surface area contributed by atoms with Crippen LogP contribution in [-0.2, 0) is 17.9 Å². The van der Waals surface area contributed by atoms with Gasteiger partial charge in [-0.1, -0.05) is 12.8 Å². The Balaban J connectivity index is 1.88. The Kier molecular flexibility index (Phi) is 4.80. The van der Waals surface area contributed by atoms with Gasteiger partial charge in [0.15, 0.2) is 0 Å². The Labute approximate surface area is 148 Å². The number of hydrogen-bond acceptors (Lipinski definition) is 4. The second kappa shape index (κ2) is 6.87. The quantitative estimate of drug-likeness (QED) is 0.838. The van der Waals surface area contributed by atoms with Crippen LogP contribution in [0.4, 0.5) is 0 Å². The number of aryl methyl sites for hydroxylation is 1. The summed E-state index contributed by atoms with van der Waals surface area (Å²) >= 11 is 0. The summed E-state index contributed by atoms with van der Waals surface area (Å²) < 4.78 is 1.83. The van der Waals surface area contributed by atoms with Crippen molar-refractivity contribution in [2.75, 3.05) is 20.1 Å². The lowest BCUT2D eigenvalue weighted by Gasteiger charge is -2.29. The lowest BCUT2D eigenvalue weighted by atomic mass is 9.86. The summed E-state index contributed by atoms with van der Waals surface area (Å²) in [7, 11) is 1.76. The first-order chi connectivity index (χ1) is 12.0. The average Bonchev–Trinajstić information content (AvgIpc) is 3.22. The van der Waals surface area contributed by atoms with E-state index >= 15 is 0 Å². The maximum atomic E-state index is 13.1. The molecule has 2 amide bonds. The molecule has 1 aromatic rings. The van der Waals surface area contributed by atoms with Crippen LogP contribution < -0.4 is 0 Å². The molecule has 0 aromatic carbocycles. The molecule has 1 fully saturated rings. The monoisotopic (exact) mass is 343 g/mol. The SMILES string of the molecule is CCN(C)C(=O)c1cnn2c1CN(C(=O)C1(C#N)CCCC1)CCC2. The minimum Gasteiger partial charge on any atom is -0.342 e. The fraction of sp³-hybridized carbons (Fsp3) is 0.667. The van der Waals surface area contributed by atoms with Gasteiger partial charge in [-0.15, -0.1) is 0 Å². The molecule has 0 saturated heterocycles. The van der Waals surface area contributed by atoms with Crippen LogP contribution in [0.15, 0.2) is 6.20 Å². The smallest absolute Gasteiger partial charge is 0.257 e. The van der Waals surface area contributed by atoms with Crippen LogP contribution >= 0.6 is 0 Å². The van der Waals surface area contributed by atoms with Crippen molar-refractivity contribution in [1.82, 2.24) is 19.6 Å². The number of nitriles is 1. The van der Waals surface area contributed by atoms with Crippen molar-refractivity contribution in [3.05, 3.63) is 17.5 Å². The van der Waals surface area contributed by atoms with E-state index in [1.807, 2.05) is 11.6 Å². The average molecular weight is 343 g/mol. The molecule has 1 saturated carbocycles. The Morgan fingerprint density at radius 1 is 1.32 bits per heavy atom. The Hall–Kier alpha value is -2.36. The van der Waals surface area contributed by atoms with Crippen molar-refractivity contribution in [2.45, 2.75) is 52.1 Å². The maximum absolute atomic E-state index is 13.1. The first-order valence-corrected chi connectivity index (χ1v) is 9.03. The third-order valence-electron chi connectivity index (χ3n) is 5.51. The number of hydrogen-bond donors (Lipinski definition) is 0. The van der Waals surface area contributed by atoms with E-state index in [1.165, 1.54) is 0 Å². The topological polar surface area (TPSA) is 82.2 Å². The number of fused-ring (bicyclic) bond motifs is 1. The van der Waals surface area contributed by atoms with Gasteiger partial charge in [0.1, 0.15) is 5.41 Å². The third kappa shape index (κ3) is 3.01. The minimum atomic E-state index is -0.875. The van der Waals surface area contributed by atoms with E-state index in [9.17, 15) is 14.9 Å². The van der Waals surface area contributed by atoms with Gasteiger partial charge in [0.2, 0.25) is 5.91 Å². The first-order valence-electron chi connectivity index (χ1n) is 9.03. The standard InChI is InChI=1S/C18H25N5O2/c1-3-21(2)16(24)14-11-20-23-10-6-9-22(12-15(14)23)17(25)18(13-19)7-4-5-8-18/h11H,3-10,12H2,1-2H3. The largest absolute Gasteiger partial charge is 0.342 e. The summed E-state index contributed by atoms with van der Waals surface area (Å²) in [6.45, 7) is 4.17. The molecule has 0 N–H and O–H groups in total. The summed E-state index contributed by atoms with van der Waals surface area (Å²) in [5, 5.41) is 14.0. The predicted octanol–water partition coefficient (Wildman–Crippen LogP) is 1.79. The van der Waals surface area contributed by atoms with E-state index in [-0.39, 0.29) is 11.8 Å². The molecular weight excluding hydrogens is 318 g/mol. The molecule has 25 heavy (non-hydrogen) atoms. The highest BCUT2D eigenvalue weighted by Crippen LogP contribution is 2.39. The molecule has 7 nitrogen and oxygen atoms in total. The van der Waals surface area contributed by atoms with Gasteiger partial charge in [-0.05, 0) is 26.2 Å². The zero-order valence-corrected chi connectivity index (χ0v) is 15.0. The van der Waals surface area contributed by atoms with Gasteiger partial charge in [-0.25, -0.2) is 0 Å². The molecule has 0 bridgehead atoms. The van der Waals surface area contributed by atoms with Gasteiger partial charge >= 0.3 is 0 Å². The van der Waals surface area contributed by atoms with Gasteiger partial charge in [0.25, 0.3) is 5.91 Å². The van der Waals surface area contributed by atoms with Crippen molar-refractivity contribution in [1.29, 1.82) is 5.26 Å². The van der Waals surface area contributed by atoms with E-state index in [0.29, 0.717) is 44.6 Å². The van der Waals surface area contributed by atoms with Crippen LogP contribution in [0, 0.1) is 16.7 Å². The molecular formula is C18H25N5O2. The molecule has 2 heterocycles. The molecule has 134 valence electrons. The highest BCUT2D eigenvalue weighted by Gasteiger charge is 2.44. The van der Waals surface area contributed by atoms with Gasteiger partial charge in [0, 0.05) is 26.7 Å². The molecule has 7 heteroatoms. The predicted molar refractivity (Wildman–Crippen MR) is 91.4 cm³/mol. The van der Waals surface area contributed by atoms with Crippen LogP contribution in [0.25, 0.3) is 0 Å². The summed E-state index contributed by atoms with van der Waals surface area (Å²) in [5.41, 5.74) is 0.461. The summed E-state index contributed by atoms with van der Waals surface area (Å²) in [6.07, 6.45) is 5.52. The van der Waals surface area contributed by atoms with Crippen LogP contribution in [0.3, 0.4) is 0 Å². The summed E-state index contributed by atoms with van der Waals surface area (Å²) in [6, 6.07) is 2.29. The van der Waals surface area contributed by atoms with Crippen LogP contribution in [0.1, 0.15) is 55.1 Å². The van der Waals surface area contributed by atoms with E-state index in [1.54, 1.807) is 23.0 Å². The lowest BCUT2D eigenvalue weighted by molar-refractivity contribution is -0.139. The summed E-state index contributed by atoms with van der Waals surface area (Å²) in [4.78, 5) is 29.1. The summed E-state index contributed by atoms with van der Waals surface area (Å²) in [5.74, 6) is -0.154. The van der Waals surface area contributed by atoms with Crippen LogP contribution in [0.2, 0.25) is 0 Å². The second-order valence-corrected chi connectivity index (χ2v) is 7.03. The molecule has 3 rings (SSSR count). The Bertz CT molecular complexity index is 712. The third-order valence-corrected chi connectivity index (χ3v) is 5.51. The fourth-order valence-electron chi connectivity index (χ4n) is 3.80. The number of aromatic nitrogens is 2. The number of carbonyl (C=O) groups is 2. The van der Waals surface area contributed by atoms with E-state index in [2.05, 4.69) is 11.2 Å². The van der Waals surface area contributed by atoms with Crippen molar-refractivity contribution in [3.8, 4) is 6.07 Å². The van der Waals surface area contributed by atoms with E-state index < -0.39 is 5.41 Å². The minimum absolute atomic E-state index is 0.0751. The molecule has 2 aliphatic rings. The van der Waals surface area contributed by atoms with Crippen molar-refractivity contribution >= 4 is 11.8 Å². The van der Waals surface area contributed by atoms with Gasteiger partial charge in [-0.2, -0.15) is 10.4 Å². The second-order valence-electron chi connectivity index (χ2n) is 7.03. The van der Waals surface area contributed by atoms with Crippen molar-refractivity contribution in [2.24, 2.45) is 5.41 Å². The molecule has 0 atom stereocenters. The highest BCUT2D eigenvalue weighted by molar-refractivity contribution is 5.95. The van der Waals surface area contributed by atoms with Crippen molar-refractivity contribution < 1.29 is 9.59 Å². The van der Waals surface area contributed by atoms with Gasteiger partial charge in [-0.3, -0.25) is 14.3 Å². The molecule has 0 unspecified atom stereocenters.